The number of halogens is 3. The molecule has 2 amide bonds. The van der Waals surface area contributed by atoms with Crippen LogP contribution in [0.5, 0.6) is 5.75 Å². The molecule has 4 rings (SSSR count). The Morgan fingerprint density at radius 3 is 2.47 bits per heavy atom. The molecule has 6 nitrogen and oxygen atoms in total. The van der Waals surface area contributed by atoms with Crippen molar-refractivity contribution >= 4 is 75.7 Å². The normalized spacial score (nSPS) is 15.2. The first kappa shape index (κ1) is 24.3. The van der Waals surface area contributed by atoms with Crippen LogP contribution in [0.4, 0.5) is 5.69 Å². The fourth-order valence-electron chi connectivity index (χ4n) is 3.84. The first-order valence-corrected chi connectivity index (χ1v) is 11.6. The predicted molar refractivity (Wildman–Crippen MR) is 139 cm³/mol. The van der Waals surface area contributed by atoms with Crippen molar-refractivity contribution in [1.82, 2.24) is 9.88 Å². The van der Waals surface area contributed by atoms with Gasteiger partial charge >= 0.3 is 0 Å². The van der Waals surface area contributed by atoms with E-state index in [9.17, 15) is 9.59 Å². The van der Waals surface area contributed by atoms with Gasteiger partial charge in [-0.25, -0.2) is 0 Å². The minimum atomic E-state index is -0.608. The third kappa shape index (κ3) is 4.20. The number of benzene rings is 2. The molecule has 174 valence electrons. The molecular formula is C24H18Cl3N3O3S. The lowest BCUT2D eigenvalue weighted by Gasteiger charge is -2.29. The number of aryl methyl sites for hydroxylation is 1. The van der Waals surface area contributed by atoms with Crippen LogP contribution < -0.4 is 15.0 Å². The van der Waals surface area contributed by atoms with Crippen LogP contribution in [0.3, 0.4) is 0 Å². The molecule has 1 N–H and O–H groups in total. The van der Waals surface area contributed by atoms with Gasteiger partial charge in [0.25, 0.3) is 11.8 Å². The molecule has 1 aliphatic rings. The highest BCUT2D eigenvalue weighted by Gasteiger charge is 2.36. The van der Waals surface area contributed by atoms with Crippen LogP contribution in [-0.2, 0) is 9.59 Å². The molecule has 0 radical (unpaired) electrons. The van der Waals surface area contributed by atoms with Gasteiger partial charge in [-0.05, 0) is 74.1 Å². The number of methoxy groups -OCH3 is 1. The monoisotopic (exact) mass is 533 g/mol. The number of ether oxygens (including phenoxy) is 1. The number of carbonyl (C=O) groups excluding carboxylic acids is 2. The van der Waals surface area contributed by atoms with Crippen molar-refractivity contribution in [2.75, 3.05) is 12.0 Å². The van der Waals surface area contributed by atoms with Crippen molar-refractivity contribution in [2.45, 2.75) is 13.8 Å². The summed E-state index contributed by atoms with van der Waals surface area (Å²) in [6, 6.07) is 12.0. The first-order valence-electron chi connectivity index (χ1n) is 10.0. The van der Waals surface area contributed by atoms with Gasteiger partial charge in [0, 0.05) is 16.4 Å². The van der Waals surface area contributed by atoms with Crippen molar-refractivity contribution in [3.8, 4) is 11.4 Å². The second kappa shape index (κ2) is 9.43. The molecule has 0 aliphatic carbocycles. The average Bonchev–Trinajstić information content (AvgIpc) is 3.06. The molecule has 0 atom stereocenters. The second-order valence-corrected chi connectivity index (χ2v) is 9.12. The van der Waals surface area contributed by atoms with Gasteiger partial charge in [-0.15, -0.1) is 0 Å². The zero-order chi connectivity index (χ0) is 24.7. The number of amides is 2. The highest BCUT2D eigenvalue weighted by atomic mass is 35.5. The number of carbonyl (C=O) groups is 2. The molecule has 2 aromatic carbocycles. The number of nitrogens with one attached hydrogen (secondary N) is 1. The van der Waals surface area contributed by atoms with Crippen molar-refractivity contribution in [2.24, 2.45) is 0 Å². The molecule has 3 aromatic rings. The summed E-state index contributed by atoms with van der Waals surface area (Å²) in [5.74, 6) is -0.582. The molecule has 1 aliphatic heterocycles. The molecule has 10 heteroatoms. The maximum absolute atomic E-state index is 13.4. The van der Waals surface area contributed by atoms with E-state index in [0.717, 1.165) is 22.0 Å². The Morgan fingerprint density at radius 1 is 1.03 bits per heavy atom. The molecule has 1 saturated heterocycles. The summed E-state index contributed by atoms with van der Waals surface area (Å²) < 4.78 is 7.44. The summed E-state index contributed by atoms with van der Waals surface area (Å²) in [5, 5.41) is 3.44. The van der Waals surface area contributed by atoms with Gasteiger partial charge in [-0.3, -0.25) is 19.8 Å². The Morgan fingerprint density at radius 2 is 1.76 bits per heavy atom. The fourth-order valence-corrected chi connectivity index (χ4v) is 4.66. The Kier molecular flexibility index (Phi) is 6.73. The van der Waals surface area contributed by atoms with E-state index in [2.05, 4.69) is 5.32 Å². The van der Waals surface area contributed by atoms with Crippen LogP contribution in [-0.4, -0.2) is 28.6 Å². The summed E-state index contributed by atoms with van der Waals surface area (Å²) in [6.07, 6.45) is 1.53. The van der Waals surface area contributed by atoms with Gasteiger partial charge in [0.15, 0.2) is 5.11 Å². The summed E-state index contributed by atoms with van der Waals surface area (Å²) in [4.78, 5) is 27.3. The highest BCUT2D eigenvalue weighted by Crippen LogP contribution is 2.35. The van der Waals surface area contributed by atoms with E-state index in [-0.39, 0.29) is 26.4 Å². The van der Waals surface area contributed by atoms with Crippen LogP contribution in [0.15, 0.2) is 48.0 Å². The molecule has 0 saturated carbocycles. The predicted octanol–water partition coefficient (Wildman–Crippen LogP) is 5.89. The summed E-state index contributed by atoms with van der Waals surface area (Å²) in [5.41, 5.74) is 3.24. The van der Waals surface area contributed by atoms with Gasteiger partial charge in [0.05, 0.1) is 28.5 Å². The van der Waals surface area contributed by atoms with Gasteiger partial charge in [0.1, 0.15) is 11.3 Å². The molecular weight excluding hydrogens is 517 g/mol. The smallest absolute Gasteiger partial charge is 0.270 e. The van der Waals surface area contributed by atoms with Crippen LogP contribution in [0, 0.1) is 13.8 Å². The minimum absolute atomic E-state index is 0.0783. The number of nitrogens with zero attached hydrogens (tertiary/aromatic N) is 2. The largest absolute Gasteiger partial charge is 0.495 e. The second-order valence-electron chi connectivity index (χ2n) is 7.51. The lowest BCUT2D eigenvalue weighted by molar-refractivity contribution is -0.122. The number of aromatic nitrogens is 1. The van der Waals surface area contributed by atoms with E-state index in [1.165, 1.54) is 6.08 Å². The van der Waals surface area contributed by atoms with E-state index < -0.39 is 11.8 Å². The van der Waals surface area contributed by atoms with Crippen molar-refractivity contribution < 1.29 is 14.3 Å². The number of hydrogen-bond donors (Lipinski definition) is 1. The molecule has 34 heavy (non-hydrogen) atoms. The zero-order valence-corrected chi connectivity index (χ0v) is 21.4. The SMILES string of the molecule is COc1ccc(Cl)cc1-n1c(C)cc(/C=C2\C(=O)NC(=S)N(c3cccc(Cl)c3Cl)C2=O)c1C. The van der Waals surface area contributed by atoms with Crippen molar-refractivity contribution in [1.29, 1.82) is 0 Å². The molecule has 0 spiro atoms. The van der Waals surface area contributed by atoms with Gasteiger partial charge in [-0.1, -0.05) is 40.9 Å². The third-order valence-corrected chi connectivity index (χ3v) is 6.75. The Balaban J connectivity index is 1.82. The summed E-state index contributed by atoms with van der Waals surface area (Å²) >= 11 is 23.9. The molecule has 2 heterocycles. The number of thiocarbonyl (C=S) groups is 1. The fraction of sp³-hybridized carbons (Fsp3) is 0.125. The van der Waals surface area contributed by atoms with Crippen LogP contribution in [0.1, 0.15) is 17.0 Å². The number of hydrogen-bond acceptors (Lipinski definition) is 4. The van der Waals surface area contributed by atoms with E-state index in [1.807, 2.05) is 24.5 Å². The van der Waals surface area contributed by atoms with E-state index >= 15 is 0 Å². The van der Waals surface area contributed by atoms with E-state index in [0.29, 0.717) is 16.3 Å². The third-order valence-electron chi connectivity index (χ3n) is 5.43. The van der Waals surface area contributed by atoms with Crippen molar-refractivity contribution in [3.63, 3.8) is 0 Å². The van der Waals surface area contributed by atoms with Crippen LogP contribution in [0.25, 0.3) is 11.8 Å². The first-order chi connectivity index (χ1) is 16.1. The Hall–Kier alpha value is -2.84. The van der Waals surface area contributed by atoms with Gasteiger partial charge in [-0.2, -0.15) is 0 Å². The van der Waals surface area contributed by atoms with Gasteiger partial charge < -0.3 is 9.30 Å². The Labute approximate surface area is 216 Å². The van der Waals surface area contributed by atoms with Crippen LogP contribution >= 0.6 is 47.0 Å². The van der Waals surface area contributed by atoms with E-state index in [1.54, 1.807) is 43.5 Å². The molecule has 1 fully saturated rings. The molecule has 0 unspecified atom stereocenters. The lowest BCUT2D eigenvalue weighted by Crippen LogP contribution is -2.54. The maximum atomic E-state index is 13.4. The topological polar surface area (TPSA) is 63.6 Å². The Bertz CT molecular complexity index is 1400. The number of rotatable bonds is 4. The van der Waals surface area contributed by atoms with Crippen LogP contribution in [0.2, 0.25) is 15.1 Å². The molecule has 1 aromatic heterocycles. The molecule has 0 bridgehead atoms. The standard InChI is InChI=1S/C24H18Cl3N3O3S/c1-12-9-14(13(2)29(12)19-11-15(25)7-8-20(19)33-3)10-16-22(31)28-24(34)30(23(16)32)18-6-4-5-17(26)21(18)27/h4-11H,1-3H3,(H,28,31,34)/b16-10+. The summed E-state index contributed by atoms with van der Waals surface area (Å²) in [7, 11) is 1.58. The highest BCUT2D eigenvalue weighted by molar-refractivity contribution is 7.80. The maximum Gasteiger partial charge on any atom is 0.270 e. The summed E-state index contributed by atoms with van der Waals surface area (Å²) in [6.45, 7) is 3.78. The van der Waals surface area contributed by atoms with Gasteiger partial charge in [0.2, 0.25) is 0 Å². The number of anilines is 1. The lowest BCUT2D eigenvalue weighted by atomic mass is 10.1. The quantitative estimate of drug-likeness (QED) is 0.257. The average molecular weight is 535 g/mol. The zero-order valence-electron chi connectivity index (χ0n) is 18.3. The van der Waals surface area contributed by atoms with E-state index in [4.69, 9.17) is 51.8 Å². The minimum Gasteiger partial charge on any atom is -0.495 e. The van der Waals surface area contributed by atoms with Crippen molar-refractivity contribution in [3.05, 3.63) is 80.1 Å².